The molecule has 2 aliphatic heterocycles. The maximum Gasteiger partial charge on any atom is 0.286 e. The molecule has 4 rings (SSSR count). The number of anilines is 2. The number of benzene rings is 1. The lowest BCUT2D eigenvalue weighted by Gasteiger charge is -2.24. The number of rotatable bonds is 4. The van der Waals surface area contributed by atoms with Crippen LogP contribution in [-0.4, -0.2) is 69.0 Å². The van der Waals surface area contributed by atoms with Crippen molar-refractivity contribution in [3.63, 3.8) is 0 Å². The number of ether oxygens (including phenoxy) is 1. The van der Waals surface area contributed by atoms with Gasteiger partial charge in [-0.2, -0.15) is 13.4 Å². The maximum atomic E-state index is 12.4. The minimum atomic E-state index is -3.66. The van der Waals surface area contributed by atoms with E-state index in [1.54, 1.807) is 37.6 Å². The number of sulfonamides is 1. The van der Waals surface area contributed by atoms with Gasteiger partial charge in [0.1, 0.15) is 10.7 Å². The molecule has 1 saturated heterocycles. The van der Waals surface area contributed by atoms with Crippen molar-refractivity contribution in [3.8, 4) is 5.88 Å². The summed E-state index contributed by atoms with van der Waals surface area (Å²) < 4.78 is 34.0. The number of hydrogen-bond acceptors (Lipinski definition) is 8. The number of fused-ring (bicyclic) bond motifs is 1. The van der Waals surface area contributed by atoms with Crippen LogP contribution < -0.4 is 15.0 Å². The molecule has 0 radical (unpaired) electrons. The summed E-state index contributed by atoms with van der Waals surface area (Å²) in [5.41, 5.74) is 0.578. The fourth-order valence-corrected chi connectivity index (χ4v) is 4.51. The molecule has 2 aliphatic rings. The van der Waals surface area contributed by atoms with Crippen molar-refractivity contribution in [1.82, 2.24) is 14.9 Å². The van der Waals surface area contributed by atoms with Crippen LogP contribution in [0.25, 0.3) is 0 Å². The zero-order valence-corrected chi connectivity index (χ0v) is 16.4. The lowest BCUT2D eigenvalue weighted by atomic mass is 10.3. The van der Waals surface area contributed by atoms with E-state index in [0.29, 0.717) is 29.9 Å². The lowest BCUT2D eigenvalue weighted by Crippen LogP contribution is -2.38. The molecule has 1 aromatic carbocycles. The van der Waals surface area contributed by atoms with Crippen molar-refractivity contribution in [2.24, 2.45) is 4.40 Å². The van der Waals surface area contributed by atoms with Crippen LogP contribution in [0.15, 0.2) is 45.8 Å². The van der Waals surface area contributed by atoms with Crippen molar-refractivity contribution in [2.45, 2.75) is 11.3 Å². The van der Waals surface area contributed by atoms with Gasteiger partial charge in [0, 0.05) is 38.4 Å². The first-order valence-corrected chi connectivity index (χ1v) is 10.5. The van der Waals surface area contributed by atoms with E-state index in [0.717, 1.165) is 32.6 Å². The third-order valence-electron chi connectivity index (χ3n) is 4.75. The summed E-state index contributed by atoms with van der Waals surface area (Å²) in [7, 11) is -2.07. The van der Waals surface area contributed by atoms with E-state index in [9.17, 15) is 8.42 Å². The van der Waals surface area contributed by atoms with Gasteiger partial charge in [0.05, 0.1) is 19.3 Å². The number of methoxy groups -OCH3 is 1. The van der Waals surface area contributed by atoms with Crippen LogP contribution in [0.5, 0.6) is 5.88 Å². The molecule has 3 heterocycles. The Morgan fingerprint density at radius 1 is 1.14 bits per heavy atom. The maximum absolute atomic E-state index is 12.4. The van der Waals surface area contributed by atoms with E-state index < -0.39 is 10.0 Å². The second-order valence-corrected chi connectivity index (χ2v) is 8.22. The lowest BCUT2D eigenvalue weighted by molar-refractivity contribution is 0.334. The number of nitrogens with one attached hydrogen (secondary N) is 1. The van der Waals surface area contributed by atoms with Crippen LogP contribution in [0.4, 0.5) is 11.6 Å². The first kappa shape index (κ1) is 18.6. The molecule has 1 aromatic heterocycles. The zero-order valence-electron chi connectivity index (χ0n) is 15.6. The summed E-state index contributed by atoms with van der Waals surface area (Å²) in [5.74, 6) is 1.63. The highest BCUT2D eigenvalue weighted by atomic mass is 32.2. The molecule has 10 heteroatoms. The minimum Gasteiger partial charge on any atom is -0.481 e. The van der Waals surface area contributed by atoms with Gasteiger partial charge in [-0.05, 0) is 18.6 Å². The second kappa shape index (κ2) is 7.72. The normalized spacial score (nSPS) is 19.2. The van der Waals surface area contributed by atoms with Gasteiger partial charge in [-0.3, -0.25) is 4.90 Å². The van der Waals surface area contributed by atoms with Crippen LogP contribution in [0, 0.1) is 0 Å². The molecular formula is C18H22N6O3S. The van der Waals surface area contributed by atoms with E-state index in [1.807, 2.05) is 6.07 Å². The number of hydrogen-bond donors (Lipinski definition) is 1. The fourth-order valence-electron chi connectivity index (χ4n) is 3.38. The van der Waals surface area contributed by atoms with Crippen LogP contribution in [0.2, 0.25) is 0 Å². The molecular weight excluding hydrogens is 380 g/mol. The molecule has 0 amide bonds. The molecule has 9 nitrogen and oxygen atoms in total. The number of aromatic nitrogens is 2. The fraction of sp³-hybridized carbons (Fsp3) is 0.389. The molecule has 0 atom stereocenters. The van der Waals surface area contributed by atoms with Crippen molar-refractivity contribution in [2.75, 3.05) is 50.1 Å². The predicted octanol–water partition coefficient (Wildman–Crippen LogP) is 1.21. The third-order valence-corrected chi connectivity index (χ3v) is 6.12. The summed E-state index contributed by atoms with van der Waals surface area (Å²) >= 11 is 0. The number of nitrogens with zero attached hydrogens (tertiary/aromatic N) is 5. The molecule has 0 saturated carbocycles. The molecule has 148 valence electrons. The standard InChI is InChI=1S/C18H22N6O3S/c1-27-17-7-8-19-18(21-17)24-10-4-9-23(11-12-24)13-16-20-14-5-2-3-6-15(14)28(25,26)22-16/h2-3,5-8H,4,9-13H2,1H3,(H,20,22). The first-order chi connectivity index (χ1) is 13.5. The van der Waals surface area contributed by atoms with Crippen LogP contribution in [-0.2, 0) is 10.0 Å². The van der Waals surface area contributed by atoms with Gasteiger partial charge in [-0.1, -0.05) is 12.1 Å². The molecule has 0 aliphatic carbocycles. The Kier molecular flexibility index (Phi) is 5.14. The Balaban J connectivity index is 1.44. The Morgan fingerprint density at radius 3 is 2.86 bits per heavy atom. The second-order valence-electron chi connectivity index (χ2n) is 6.65. The molecule has 1 N–H and O–H groups in total. The summed E-state index contributed by atoms with van der Waals surface area (Å²) in [5, 5.41) is 3.15. The predicted molar refractivity (Wildman–Crippen MR) is 107 cm³/mol. The van der Waals surface area contributed by atoms with Crippen molar-refractivity contribution in [3.05, 3.63) is 36.5 Å². The van der Waals surface area contributed by atoms with Gasteiger partial charge < -0.3 is 15.0 Å². The van der Waals surface area contributed by atoms with Gasteiger partial charge in [-0.15, -0.1) is 4.40 Å². The van der Waals surface area contributed by atoms with E-state index in [4.69, 9.17) is 4.74 Å². The SMILES string of the molecule is COc1ccnc(N2CCCN(CC3=NS(=O)(=O)c4ccccc4N3)CC2)n1. The number of amidine groups is 1. The highest BCUT2D eigenvalue weighted by Gasteiger charge is 2.26. The molecule has 0 unspecified atom stereocenters. The molecule has 0 bridgehead atoms. The molecule has 1 fully saturated rings. The summed E-state index contributed by atoms with van der Waals surface area (Å²) in [4.78, 5) is 13.3. The summed E-state index contributed by atoms with van der Waals surface area (Å²) in [6, 6.07) is 8.55. The highest BCUT2D eigenvalue weighted by molar-refractivity contribution is 7.90. The number of para-hydroxylation sites is 1. The van der Waals surface area contributed by atoms with Crippen LogP contribution in [0.1, 0.15) is 6.42 Å². The summed E-state index contributed by atoms with van der Waals surface area (Å²) in [6.07, 6.45) is 2.60. The van der Waals surface area contributed by atoms with Gasteiger partial charge in [0.2, 0.25) is 11.8 Å². The van der Waals surface area contributed by atoms with Gasteiger partial charge in [-0.25, -0.2) is 4.98 Å². The third kappa shape index (κ3) is 3.92. The van der Waals surface area contributed by atoms with E-state index in [-0.39, 0.29) is 4.90 Å². The Morgan fingerprint density at radius 2 is 2.00 bits per heavy atom. The average molecular weight is 402 g/mol. The smallest absolute Gasteiger partial charge is 0.286 e. The first-order valence-electron chi connectivity index (χ1n) is 9.09. The van der Waals surface area contributed by atoms with Gasteiger partial charge in [0.25, 0.3) is 10.0 Å². The largest absolute Gasteiger partial charge is 0.481 e. The van der Waals surface area contributed by atoms with E-state index in [1.165, 1.54) is 0 Å². The van der Waals surface area contributed by atoms with E-state index >= 15 is 0 Å². The highest BCUT2D eigenvalue weighted by Crippen LogP contribution is 2.26. The van der Waals surface area contributed by atoms with Crippen LogP contribution >= 0.6 is 0 Å². The average Bonchev–Trinajstić information content (AvgIpc) is 2.93. The van der Waals surface area contributed by atoms with Crippen molar-refractivity contribution in [1.29, 1.82) is 0 Å². The van der Waals surface area contributed by atoms with Crippen LogP contribution in [0.3, 0.4) is 0 Å². The zero-order chi connectivity index (χ0) is 19.6. The quantitative estimate of drug-likeness (QED) is 0.815. The molecule has 2 aromatic rings. The molecule has 28 heavy (non-hydrogen) atoms. The van der Waals surface area contributed by atoms with Gasteiger partial charge >= 0.3 is 0 Å². The minimum absolute atomic E-state index is 0.218. The van der Waals surface area contributed by atoms with Gasteiger partial charge in [0.15, 0.2) is 0 Å². The Bertz CT molecular complexity index is 994. The Labute approximate surface area is 164 Å². The van der Waals surface area contributed by atoms with Crippen molar-refractivity contribution >= 4 is 27.5 Å². The van der Waals surface area contributed by atoms with E-state index in [2.05, 4.69) is 29.5 Å². The summed E-state index contributed by atoms with van der Waals surface area (Å²) in [6.45, 7) is 3.60. The monoisotopic (exact) mass is 402 g/mol. The molecule has 0 spiro atoms. The van der Waals surface area contributed by atoms with Crippen molar-refractivity contribution < 1.29 is 13.2 Å². The Hall–Kier alpha value is -2.72. The topological polar surface area (TPSA) is 100 Å².